The second-order valence-corrected chi connectivity index (χ2v) is 9.24. The Bertz CT molecular complexity index is 861. The van der Waals surface area contributed by atoms with Crippen molar-refractivity contribution in [3.63, 3.8) is 0 Å². The number of ether oxygens (including phenoxy) is 1. The fourth-order valence-electron chi connectivity index (χ4n) is 5.08. The van der Waals surface area contributed by atoms with Gasteiger partial charge in [-0.15, -0.1) is 0 Å². The number of likely N-dealkylation sites (tertiary alicyclic amines) is 2. The first kappa shape index (κ1) is 23.1. The molecule has 0 bridgehead atoms. The number of carbonyl (C=O) groups is 2. The average molecular weight is 461 g/mol. The topological polar surface area (TPSA) is 73.9 Å². The van der Waals surface area contributed by atoms with Crippen LogP contribution in [0.4, 0.5) is 4.79 Å². The number of halogens is 1. The van der Waals surface area contributed by atoms with Crippen LogP contribution in [0, 0.1) is 0 Å². The highest BCUT2D eigenvalue weighted by atomic mass is 35.5. The maximum Gasteiger partial charge on any atom is 0.338 e. The fourth-order valence-corrected chi connectivity index (χ4v) is 5.28. The molecule has 2 saturated heterocycles. The van der Waals surface area contributed by atoms with E-state index >= 15 is 0 Å². The first-order valence-electron chi connectivity index (χ1n) is 11.7. The van der Waals surface area contributed by atoms with Crippen LogP contribution >= 0.6 is 11.6 Å². The summed E-state index contributed by atoms with van der Waals surface area (Å²) in [5.74, 6) is -0.414. The largest absolute Gasteiger partial charge is 0.463 e. The summed E-state index contributed by atoms with van der Waals surface area (Å²) in [6.07, 6.45) is 6.19. The molecule has 0 saturated carbocycles. The lowest BCUT2D eigenvalue weighted by Gasteiger charge is -2.41. The highest BCUT2D eigenvalue weighted by Crippen LogP contribution is 2.30. The molecule has 2 N–H and O–H groups in total. The molecule has 2 amide bonds. The third-order valence-corrected chi connectivity index (χ3v) is 6.91. The quantitative estimate of drug-likeness (QED) is 0.636. The van der Waals surface area contributed by atoms with Gasteiger partial charge in [-0.2, -0.15) is 0 Å². The van der Waals surface area contributed by atoms with Gasteiger partial charge in [0, 0.05) is 36.4 Å². The number of piperidine rings is 2. The van der Waals surface area contributed by atoms with Gasteiger partial charge in [-0.25, -0.2) is 9.59 Å². The molecular formula is C24H33ClN4O3. The number of rotatable bonds is 6. The van der Waals surface area contributed by atoms with Crippen LogP contribution in [0.2, 0.25) is 5.02 Å². The van der Waals surface area contributed by atoms with E-state index < -0.39 is 12.0 Å². The minimum Gasteiger partial charge on any atom is -0.463 e. The maximum absolute atomic E-state index is 13.0. The van der Waals surface area contributed by atoms with Crippen molar-refractivity contribution in [3.05, 3.63) is 46.1 Å². The van der Waals surface area contributed by atoms with Gasteiger partial charge in [-0.05, 0) is 63.4 Å². The van der Waals surface area contributed by atoms with Crippen LogP contribution in [-0.4, -0.2) is 67.2 Å². The van der Waals surface area contributed by atoms with Crippen LogP contribution in [0.15, 0.2) is 35.5 Å². The zero-order valence-corrected chi connectivity index (χ0v) is 19.5. The summed E-state index contributed by atoms with van der Waals surface area (Å²) >= 11 is 6.19. The zero-order chi connectivity index (χ0) is 22.5. The lowest BCUT2D eigenvalue weighted by atomic mass is 9.94. The van der Waals surface area contributed by atoms with Crippen LogP contribution < -0.4 is 10.6 Å². The van der Waals surface area contributed by atoms with Crippen LogP contribution in [0.5, 0.6) is 0 Å². The number of benzene rings is 1. The Morgan fingerprint density at radius 2 is 1.91 bits per heavy atom. The molecule has 3 aliphatic rings. The molecular weight excluding hydrogens is 428 g/mol. The minimum atomic E-state index is -0.595. The van der Waals surface area contributed by atoms with Crippen LogP contribution in [-0.2, 0) is 9.53 Å². The molecule has 7 nitrogen and oxygen atoms in total. The number of urea groups is 1. The molecule has 1 aromatic rings. The van der Waals surface area contributed by atoms with Crippen molar-refractivity contribution in [2.75, 3.05) is 39.3 Å². The molecule has 0 aromatic heterocycles. The summed E-state index contributed by atoms with van der Waals surface area (Å²) in [6, 6.07) is 6.96. The number of hydrogen-bond acceptors (Lipinski definition) is 5. The van der Waals surface area contributed by atoms with E-state index in [0.29, 0.717) is 28.9 Å². The average Bonchev–Trinajstić information content (AvgIpc) is 2.80. The number of carbonyl (C=O) groups excluding carboxylic acids is 2. The second-order valence-electron chi connectivity index (χ2n) is 8.80. The monoisotopic (exact) mass is 460 g/mol. The smallest absolute Gasteiger partial charge is 0.338 e. The molecule has 0 spiro atoms. The Morgan fingerprint density at radius 3 is 2.59 bits per heavy atom. The van der Waals surface area contributed by atoms with Crippen molar-refractivity contribution in [2.45, 2.75) is 51.1 Å². The van der Waals surface area contributed by atoms with Gasteiger partial charge in [0.2, 0.25) is 0 Å². The van der Waals surface area contributed by atoms with Crippen molar-refractivity contribution in [3.8, 4) is 0 Å². The van der Waals surface area contributed by atoms with Crippen LogP contribution in [0.25, 0.3) is 0 Å². The predicted molar refractivity (Wildman–Crippen MR) is 124 cm³/mol. The fraction of sp³-hybridized carbons (Fsp3) is 0.583. The number of amides is 2. The Labute approximate surface area is 195 Å². The third-order valence-electron chi connectivity index (χ3n) is 6.68. The molecule has 0 unspecified atom stereocenters. The molecule has 2 fully saturated rings. The van der Waals surface area contributed by atoms with Gasteiger partial charge in [0.05, 0.1) is 18.2 Å². The summed E-state index contributed by atoms with van der Waals surface area (Å²) in [7, 11) is 0. The Morgan fingerprint density at radius 1 is 1.16 bits per heavy atom. The molecule has 1 atom stereocenters. The van der Waals surface area contributed by atoms with E-state index in [4.69, 9.17) is 16.3 Å². The van der Waals surface area contributed by atoms with Gasteiger partial charge in [-0.3, -0.25) is 4.90 Å². The first-order chi connectivity index (χ1) is 15.5. The number of nitrogens with one attached hydrogen (secondary N) is 2. The lowest BCUT2D eigenvalue weighted by Crippen LogP contribution is -2.51. The molecule has 8 heteroatoms. The molecule has 174 valence electrons. The number of esters is 1. The first-order valence-corrected chi connectivity index (χ1v) is 12.1. The second kappa shape index (κ2) is 10.7. The van der Waals surface area contributed by atoms with E-state index in [1.54, 1.807) is 19.1 Å². The van der Waals surface area contributed by atoms with Gasteiger partial charge in [0.25, 0.3) is 0 Å². The lowest BCUT2D eigenvalue weighted by molar-refractivity contribution is -0.139. The van der Waals surface area contributed by atoms with Crippen LogP contribution in [0.1, 0.15) is 50.6 Å². The highest BCUT2D eigenvalue weighted by Gasteiger charge is 2.35. The van der Waals surface area contributed by atoms with Gasteiger partial charge < -0.3 is 20.3 Å². The van der Waals surface area contributed by atoms with E-state index in [9.17, 15) is 9.59 Å². The SMILES string of the molecule is CCOC(=O)C1=C(CN2CCC(N3CCCCC3)CC2)NC(=O)N[C@@H]1c1cccc(Cl)c1. The van der Waals surface area contributed by atoms with Gasteiger partial charge in [0.1, 0.15) is 0 Å². The molecule has 4 rings (SSSR count). The highest BCUT2D eigenvalue weighted by molar-refractivity contribution is 6.30. The van der Waals surface area contributed by atoms with Gasteiger partial charge in [-0.1, -0.05) is 30.2 Å². The van der Waals surface area contributed by atoms with E-state index in [1.165, 1.54) is 32.4 Å². The summed E-state index contributed by atoms with van der Waals surface area (Å²) in [5, 5.41) is 6.32. The summed E-state index contributed by atoms with van der Waals surface area (Å²) in [5.41, 5.74) is 1.83. The Balaban J connectivity index is 1.52. The predicted octanol–water partition coefficient (Wildman–Crippen LogP) is 3.46. The van der Waals surface area contributed by atoms with Gasteiger partial charge in [0.15, 0.2) is 0 Å². The molecule has 1 aromatic carbocycles. The molecule has 3 aliphatic heterocycles. The van der Waals surface area contributed by atoms with Crippen molar-refractivity contribution in [2.24, 2.45) is 0 Å². The summed E-state index contributed by atoms with van der Waals surface area (Å²) < 4.78 is 5.37. The van der Waals surface area contributed by atoms with E-state index in [0.717, 1.165) is 31.5 Å². The third kappa shape index (κ3) is 5.45. The Kier molecular flexibility index (Phi) is 7.71. The van der Waals surface area contributed by atoms with E-state index in [1.807, 2.05) is 12.1 Å². The summed E-state index contributed by atoms with van der Waals surface area (Å²) in [4.78, 5) is 30.4. The van der Waals surface area contributed by atoms with Crippen molar-refractivity contribution < 1.29 is 14.3 Å². The normalized spacial score (nSPS) is 23.6. The molecule has 32 heavy (non-hydrogen) atoms. The molecule has 0 radical (unpaired) electrons. The molecule has 3 heterocycles. The standard InChI is InChI=1S/C24H33ClN4O3/c1-2-32-23(30)21-20(26-24(31)27-22(21)17-7-6-8-18(25)15-17)16-28-13-9-19(10-14-28)29-11-4-3-5-12-29/h6-8,15,19,22H,2-5,9-14,16H2,1H3,(H2,26,27,31)/t22-/m1/s1. The van der Waals surface area contributed by atoms with Gasteiger partial charge >= 0.3 is 12.0 Å². The van der Waals surface area contributed by atoms with Crippen molar-refractivity contribution >= 4 is 23.6 Å². The number of nitrogens with zero attached hydrogens (tertiary/aromatic N) is 2. The van der Waals surface area contributed by atoms with Crippen molar-refractivity contribution in [1.29, 1.82) is 0 Å². The van der Waals surface area contributed by atoms with Crippen molar-refractivity contribution in [1.82, 2.24) is 20.4 Å². The van der Waals surface area contributed by atoms with E-state index in [2.05, 4.69) is 20.4 Å². The summed E-state index contributed by atoms with van der Waals surface area (Å²) in [6.45, 7) is 6.90. The molecule has 0 aliphatic carbocycles. The maximum atomic E-state index is 13.0. The minimum absolute atomic E-state index is 0.271. The number of hydrogen-bond donors (Lipinski definition) is 2. The Hall–Kier alpha value is -2.09. The zero-order valence-electron chi connectivity index (χ0n) is 18.7. The van der Waals surface area contributed by atoms with E-state index in [-0.39, 0.29) is 12.6 Å². The van der Waals surface area contributed by atoms with Crippen LogP contribution in [0.3, 0.4) is 0 Å².